The van der Waals surface area contributed by atoms with Crippen molar-refractivity contribution in [3.8, 4) is 5.75 Å². The zero-order chi connectivity index (χ0) is 29.9. The Bertz CT molecular complexity index is 1810. The predicted octanol–water partition coefficient (Wildman–Crippen LogP) is 5.30. The molecule has 218 valence electrons. The normalized spacial score (nSPS) is 16.8. The number of nitrogens with two attached hydrogens (primary N) is 1. The van der Waals surface area contributed by atoms with Crippen LogP contribution in [0.25, 0.3) is 16.5 Å². The molecule has 0 radical (unpaired) electrons. The average Bonchev–Trinajstić information content (AvgIpc) is 3.42. The Morgan fingerprint density at radius 1 is 1.12 bits per heavy atom. The average molecular weight is 590 g/mol. The molecule has 0 bridgehead atoms. The van der Waals surface area contributed by atoms with E-state index in [1.54, 1.807) is 74.5 Å². The summed E-state index contributed by atoms with van der Waals surface area (Å²) in [6.45, 7) is 3.90. The van der Waals surface area contributed by atoms with Gasteiger partial charge in [-0.2, -0.15) is 9.19 Å². The van der Waals surface area contributed by atoms with Crippen LogP contribution in [-0.4, -0.2) is 34.9 Å². The summed E-state index contributed by atoms with van der Waals surface area (Å²) in [5, 5.41) is 4.89. The van der Waals surface area contributed by atoms with E-state index in [0.29, 0.717) is 45.5 Å². The van der Waals surface area contributed by atoms with Gasteiger partial charge in [-0.15, -0.1) is 0 Å². The van der Waals surface area contributed by atoms with E-state index >= 15 is 0 Å². The van der Waals surface area contributed by atoms with Crippen LogP contribution in [0.2, 0.25) is 0 Å². The van der Waals surface area contributed by atoms with Crippen LogP contribution >= 0.6 is 0 Å². The molecule has 1 unspecified atom stereocenters. The maximum atomic E-state index is 14.9. The van der Waals surface area contributed by atoms with Crippen molar-refractivity contribution in [3.05, 3.63) is 113 Å². The molecule has 5 rings (SSSR count). The minimum Gasteiger partial charge on any atom is -0.489 e. The van der Waals surface area contributed by atoms with Gasteiger partial charge in [-0.25, -0.2) is 12.8 Å². The highest BCUT2D eigenvalue weighted by molar-refractivity contribution is 7.91. The lowest BCUT2D eigenvalue weighted by Gasteiger charge is -2.28. The number of para-hydroxylation sites is 1. The number of esters is 1. The van der Waals surface area contributed by atoms with Crippen molar-refractivity contribution in [2.75, 3.05) is 6.61 Å². The van der Waals surface area contributed by atoms with Crippen LogP contribution in [-0.2, 0) is 39.1 Å². The molecule has 0 aliphatic heterocycles. The van der Waals surface area contributed by atoms with Crippen LogP contribution in [0.4, 0.5) is 4.39 Å². The van der Waals surface area contributed by atoms with Crippen molar-refractivity contribution < 1.29 is 27.1 Å². The molecule has 3 aromatic carbocycles. The Balaban J connectivity index is 1.38. The maximum Gasteiger partial charge on any atom is 0.310 e. The Kier molecular flexibility index (Phi) is 8.29. The third-order valence-electron chi connectivity index (χ3n) is 7.38. The summed E-state index contributed by atoms with van der Waals surface area (Å²) < 4.78 is 53.6. The number of aromatic nitrogens is 2. The van der Waals surface area contributed by atoms with Crippen molar-refractivity contribution in [3.63, 3.8) is 0 Å². The fourth-order valence-electron chi connectivity index (χ4n) is 4.91. The van der Waals surface area contributed by atoms with Crippen LogP contribution in [0.5, 0.6) is 5.75 Å². The van der Waals surface area contributed by atoms with E-state index in [-0.39, 0.29) is 32.0 Å². The fraction of sp³-hybridized carbons (Fsp3) is 0.250. The van der Waals surface area contributed by atoms with Crippen molar-refractivity contribution in [1.29, 1.82) is 0 Å². The quantitative estimate of drug-likeness (QED) is 0.250. The van der Waals surface area contributed by atoms with Gasteiger partial charge in [0.05, 0.1) is 24.7 Å². The lowest BCUT2D eigenvalue weighted by molar-refractivity contribution is -0.142. The molecule has 1 aromatic heterocycles. The molecular formula is C32H32FN3O5S. The minimum absolute atomic E-state index is 0.0717. The van der Waals surface area contributed by atoms with E-state index in [1.165, 1.54) is 6.20 Å². The summed E-state index contributed by atoms with van der Waals surface area (Å²) in [4.78, 5) is 12.0. The molecule has 1 aliphatic carbocycles. The zero-order valence-electron chi connectivity index (χ0n) is 23.4. The van der Waals surface area contributed by atoms with Gasteiger partial charge < -0.3 is 15.2 Å². The van der Waals surface area contributed by atoms with Gasteiger partial charge in [0.1, 0.15) is 22.9 Å². The lowest BCUT2D eigenvalue weighted by atomic mass is 9.92. The van der Waals surface area contributed by atoms with Gasteiger partial charge in [-0.05, 0) is 43.5 Å². The molecule has 0 saturated carbocycles. The number of hydrogen-bond acceptors (Lipinski definition) is 7. The summed E-state index contributed by atoms with van der Waals surface area (Å²) in [6, 6.07) is 17.6. The Morgan fingerprint density at radius 3 is 2.64 bits per heavy atom. The van der Waals surface area contributed by atoms with Gasteiger partial charge in [0, 0.05) is 28.6 Å². The van der Waals surface area contributed by atoms with Gasteiger partial charge in [0.25, 0.3) is 10.0 Å². The number of rotatable bonds is 10. The molecular weight excluding hydrogens is 557 g/mol. The Morgan fingerprint density at radius 2 is 1.90 bits per heavy atom. The minimum atomic E-state index is -4.01. The summed E-state index contributed by atoms with van der Waals surface area (Å²) in [7, 11) is -4.01. The monoisotopic (exact) mass is 589 g/mol. The van der Waals surface area contributed by atoms with E-state index in [2.05, 4.69) is 5.10 Å². The van der Waals surface area contributed by atoms with Gasteiger partial charge >= 0.3 is 5.97 Å². The smallest absolute Gasteiger partial charge is 0.310 e. The Labute approximate surface area is 244 Å². The van der Waals surface area contributed by atoms with E-state index in [1.807, 2.05) is 18.2 Å². The predicted molar refractivity (Wildman–Crippen MR) is 160 cm³/mol. The van der Waals surface area contributed by atoms with E-state index in [9.17, 15) is 17.6 Å². The highest BCUT2D eigenvalue weighted by atomic mass is 32.2. The lowest BCUT2D eigenvalue weighted by Crippen LogP contribution is -2.38. The molecule has 10 heteroatoms. The van der Waals surface area contributed by atoms with Crippen molar-refractivity contribution in [2.24, 2.45) is 5.73 Å². The third kappa shape index (κ3) is 5.60. The first kappa shape index (κ1) is 29.2. The first-order chi connectivity index (χ1) is 20.2. The molecule has 1 atom stereocenters. The van der Waals surface area contributed by atoms with Crippen molar-refractivity contribution in [2.45, 2.75) is 44.6 Å². The van der Waals surface area contributed by atoms with E-state index < -0.39 is 20.6 Å². The summed E-state index contributed by atoms with van der Waals surface area (Å²) in [5.41, 5.74) is 8.87. The largest absolute Gasteiger partial charge is 0.489 e. The molecule has 1 aliphatic rings. The number of carbonyl (C=O) groups is 1. The van der Waals surface area contributed by atoms with Gasteiger partial charge in [0.15, 0.2) is 0 Å². The second-order valence-corrected chi connectivity index (χ2v) is 12.5. The highest BCUT2D eigenvalue weighted by Gasteiger charge is 2.40. The van der Waals surface area contributed by atoms with E-state index in [0.717, 1.165) is 9.65 Å². The standard InChI is InChI=1S/C32H32FN3O5S/c1-3-40-30(37)18-24-7-4-5-10-29(24)41-21-22-11-12-26-20-35-36(28(26)17-22)42(38,39)32(2)15-13-23(14-16-32)27-9-6-8-25(19-34)31(27)33/h4-15,17,20H,3,16,18-19,21,34H2,1-2H3. The molecule has 1 heterocycles. The first-order valence-electron chi connectivity index (χ1n) is 13.6. The molecule has 4 aromatic rings. The van der Waals surface area contributed by atoms with Crippen LogP contribution in [0.3, 0.4) is 0 Å². The zero-order valence-corrected chi connectivity index (χ0v) is 24.2. The second kappa shape index (κ2) is 11.9. The first-order valence-corrected chi connectivity index (χ1v) is 15.1. The number of hydrogen-bond donors (Lipinski definition) is 1. The summed E-state index contributed by atoms with van der Waals surface area (Å²) >= 11 is 0. The van der Waals surface area contributed by atoms with Gasteiger partial charge in [0.2, 0.25) is 0 Å². The topological polar surface area (TPSA) is 114 Å². The summed E-state index contributed by atoms with van der Waals surface area (Å²) in [5.74, 6) is -0.202. The van der Waals surface area contributed by atoms with Crippen LogP contribution in [0.1, 0.15) is 42.5 Å². The number of ether oxygens (including phenoxy) is 2. The maximum absolute atomic E-state index is 14.9. The fourth-order valence-corrected chi connectivity index (χ4v) is 6.42. The third-order valence-corrected chi connectivity index (χ3v) is 9.61. The van der Waals surface area contributed by atoms with Gasteiger partial charge in [-0.1, -0.05) is 66.8 Å². The molecule has 0 fully saturated rings. The second-order valence-electron chi connectivity index (χ2n) is 10.3. The molecule has 0 saturated heterocycles. The highest BCUT2D eigenvalue weighted by Crippen LogP contribution is 2.35. The molecule has 42 heavy (non-hydrogen) atoms. The Hall–Kier alpha value is -4.28. The molecule has 8 nitrogen and oxygen atoms in total. The van der Waals surface area contributed by atoms with Gasteiger partial charge in [-0.3, -0.25) is 4.79 Å². The van der Waals surface area contributed by atoms with Crippen LogP contribution in [0, 0.1) is 5.82 Å². The number of halogens is 1. The number of carbonyl (C=O) groups excluding carboxylic acids is 1. The van der Waals surface area contributed by atoms with Crippen molar-refractivity contribution in [1.82, 2.24) is 9.19 Å². The molecule has 0 amide bonds. The van der Waals surface area contributed by atoms with E-state index in [4.69, 9.17) is 15.2 Å². The molecule has 2 N–H and O–H groups in total. The van der Waals surface area contributed by atoms with Crippen LogP contribution < -0.4 is 10.5 Å². The number of nitrogens with zero attached hydrogens (tertiary/aromatic N) is 2. The SMILES string of the molecule is CCOC(=O)Cc1ccccc1OCc1ccc2cnn(S(=O)(=O)C3(C)C=CC(c4cccc(CN)c4F)=CC3)c2c1. The van der Waals surface area contributed by atoms with Crippen molar-refractivity contribution >= 4 is 32.5 Å². The van der Waals surface area contributed by atoms with Crippen LogP contribution in [0.15, 0.2) is 85.1 Å². The molecule has 0 spiro atoms. The summed E-state index contributed by atoms with van der Waals surface area (Å²) in [6.07, 6.45) is 6.69. The number of allylic oxidation sites excluding steroid dienone is 3. The number of fused-ring (bicyclic) bond motifs is 1. The number of benzene rings is 3.